The second-order valence-corrected chi connectivity index (χ2v) is 9.21. The summed E-state index contributed by atoms with van der Waals surface area (Å²) < 4.78 is 10.9. The van der Waals surface area contributed by atoms with Crippen LogP contribution in [-0.2, 0) is 19.2 Å². The largest absolute Gasteiger partial charge is 0.495 e. The summed E-state index contributed by atoms with van der Waals surface area (Å²) in [5.41, 5.74) is 2.21. The molecule has 2 saturated heterocycles. The fourth-order valence-corrected chi connectivity index (χ4v) is 5.11. The highest BCUT2D eigenvalue weighted by Crippen LogP contribution is 2.40. The van der Waals surface area contributed by atoms with Crippen molar-refractivity contribution < 1.29 is 28.7 Å². The Morgan fingerprint density at radius 1 is 0.943 bits per heavy atom. The van der Waals surface area contributed by atoms with Crippen molar-refractivity contribution >= 4 is 35.1 Å². The molecule has 0 N–H and O–H groups in total. The molecule has 0 saturated carbocycles. The maximum atomic E-state index is 12.9. The monoisotopic (exact) mass is 474 g/mol. The number of hydrogen-bond donors (Lipinski definition) is 0. The number of methoxy groups -OCH3 is 1. The van der Waals surface area contributed by atoms with E-state index in [9.17, 15) is 19.2 Å². The van der Waals surface area contributed by atoms with Gasteiger partial charge in [-0.25, -0.2) is 0 Å². The number of esters is 1. The number of carbonyl (C=O) groups excluding carboxylic acids is 4. The zero-order valence-corrected chi connectivity index (χ0v) is 19.6. The molecular weight excluding hydrogens is 448 g/mol. The van der Waals surface area contributed by atoms with Crippen molar-refractivity contribution in [2.75, 3.05) is 23.5 Å². The zero-order chi connectivity index (χ0) is 24.7. The van der Waals surface area contributed by atoms with Gasteiger partial charge in [-0.15, -0.1) is 0 Å². The molecular formula is C27H26N2O6. The standard InChI is InChI=1S/C27H26N2O6/c1-16-7-12-20-21(13-16)26(32)29(25(20)31)18-8-10-19(11-9-18)35-27(33)17-14-24(30)28(15-17)22-5-3-4-6-23(22)34-2/h3-11,17,20-21H,12-15H2,1-2H3/t17-,20+,21+/m1/s1. The number of rotatable bonds is 5. The molecule has 0 spiro atoms. The number of benzene rings is 2. The average molecular weight is 475 g/mol. The van der Waals surface area contributed by atoms with Gasteiger partial charge in [0.05, 0.1) is 36.2 Å². The summed E-state index contributed by atoms with van der Waals surface area (Å²) in [7, 11) is 1.53. The minimum Gasteiger partial charge on any atom is -0.495 e. The van der Waals surface area contributed by atoms with E-state index in [1.54, 1.807) is 42.5 Å². The van der Waals surface area contributed by atoms with Crippen LogP contribution in [0.3, 0.4) is 0 Å². The number of allylic oxidation sites excluding steroid dienone is 2. The van der Waals surface area contributed by atoms with Gasteiger partial charge in [0.1, 0.15) is 11.5 Å². The number of carbonyl (C=O) groups is 4. The molecule has 5 rings (SSSR count). The third kappa shape index (κ3) is 4.09. The van der Waals surface area contributed by atoms with Crippen LogP contribution >= 0.6 is 0 Å². The van der Waals surface area contributed by atoms with E-state index in [0.29, 0.717) is 30.0 Å². The maximum Gasteiger partial charge on any atom is 0.316 e. The molecule has 35 heavy (non-hydrogen) atoms. The van der Waals surface area contributed by atoms with Crippen LogP contribution in [0, 0.1) is 17.8 Å². The average Bonchev–Trinajstić information content (AvgIpc) is 3.36. The van der Waals surface area contributed by atoms with E-state index >= 15 is 0 Å². The lowest BCUT2D eigenvalue weighted by Gasteiger charge is -2.19. The Bertz CT molecular complexity index is 1230. The van der Waals surface area contributed by atoms with Crippen molar-refractivity contribution in [3.05, 3.63) is 60.2 Å². The van der Waals surface area contributed by atoms with Crippen LogP contribution in [0.1, 0.15) is 26.2 Å². The molecule has 0 aromatic heterocycles. The van der Waals surface area contributed by atoms with Crippen molar-refractivity contribution in [1.29, 1.82) is 0 Å². The Hall–Kier alpha value is -3.94. The highest BCUT2D eigenvalue weighted by Gasteiger charge is 2.48. The lowest BCUT2D eigenvalue weighted by atomic mass is 9.82. The highest BCUT2D eigenvalue weighted by atomic mass is 16.5. The van der Waals surface area contributed by atoms with Gasteiger partial charge < -0.3 is 14.4 Å². The number of nitrogens with zero attached hydrogens (tertiary/aromatic N) is 2. The summed E-state index contributed by atoms with van der Waals surface area (Å²) in [5, 5.41) is 0. The van der Waals surface area contributed by atoms with Crippen LogP contribution in [0.4, 0.5) is 11.4 Å². The molecule has 2 aliphatic heterocycles. The molecule has 8 heteroatoms. The number of ether oxygens (including phenoxy) is 2. The second-order valence-electron chi connectivity index (χ2n) is 9.21. The van der Waals surface area contributed by atoms with Crippen molar-refractivity contribution in [3.8, 4) is 11.5 Å². The Labute approximate surface area is 203 Å². The number of fused-ring (bicyclic) bond motifs is 1. The van der Waals surface area contributed by atoms with E-state index in [1.807, 2.05) is 19.1 Å². The number of imide groups is 1. The Kier molecular flexibility index (Phi) is 5.88. The van der Waals surface area contributed by atoms with Crippen molar-refractivity contribution in [2.24, 2.45) is 17.8 Å². The van der Waals surface area contributed by atoms with Gasteiger partial charge in [0.2, 0.25) is 17.7 Å². The SMILES string of the molecule is COc1ccccc1N1C[C@H](C(=O)Oc2ccc(N3C(=O)[C@H]4CC=C(C)C[C@@H]4C3=O)cc2)CC1=O. The first kappa shape index (κ1) is 22.8. The molecule has 0 radical (unpaired) electrons. The molecule has 0 unspecified atom stereocenters. The summed E-state index contributed by atoms with van der Waals surface area (Å²) >= 11 is 0. The zero-order valence-electron chi connectivity index (χ0n) is 19.6. The summed E-state index contributed by atoms with van der Waals surface area (Å²) in [4.78, 5) is 53.9. The number of amides is 3. The smallest absolute Gasteiger partial charge is 0.316 e. The third-order valence-corrected chi connectivity index (χ3v) is 6.97. The van der Waals surface area contributed by atoms with Crippen LogP contribution in [0.25, 0.3) is 0 Å². The van der Waals surface area contributed by atoms with Crippen molar-refractivity contribution in [1.82, 2.24) is 0 Å². The topological polar surface area (TPSA) is 93.2 Å². The van der Waals surface area contributed by atoms with Crippen molar-refractivity contribution in [3.63, 3.8) is 0 Å². The Morgan fingerprint density at radius 2 is 1.66 bits per heavy atom. The molecule has 2 aromatic carbocycles. The van der Waals surface area contributed by atoms with Gasteiger partial charge in [-0.1, -0.05) is 23.8 Å². The molecule has 180 valence electrons. The van der Waals surface area contributed by atoms with Crippen LogP contribution in [-0.4, -0.2) is 37.3 Å². The molecule has 2 aromatic rings. The molecule has 3 amide bonds. The van der Waals surface area contributed by atoms with E-state index in [2.05, 4.69) is 0 Å². The van der Waals surface area contributed by atoms with E-state index in [1.165, 1.54) is 16.9 Å². The molecule has 3 aliphatic rings. The van der Waals surface area contributed by atoms with E-state index in [4.69, 9.17) is 9.47 Å². The molecule has 8 nitrogen and oxygen atoms in total. The van der Waals surface area contributed by atoms with Gasteiger partial charge in [0.15, 0.2) is 0 Å². The third-order valence-electron chi connectivity index (χ3n) is 6.97. The van der Waals surface area contributed by atoms with Gasteiger partial charge in [-0.3, -0.25) is 24.1 Å². The lowest BCUT2D eigenvalue weighted by molar-refractivity contribution is -0.139. The number of anilines is 2. The van der Waals surface area contributed by atoms with E-state index < -0.39 is 11.9 Å². The van der Waals surface area contributed by atoms with Crippen LogP contribution in [0.15, 0.2) is 60.2 Å². The predicted octanol–water partition coefficient (Wildman–Crippen LogP) is 3.50. The number of para-hydroxylation sites is 2. The fourth-order valence-electron chi connectivity index (χ4n) is 5.11. The normalized spacial score (nSPS) is 23.9. The minimum absolute atomic E-state index is 0.0436. The first-order valence-electron chi connectivity index (χ1n) is 11.7. The molecule has 2 heterocycles. The minimum atomic E-state index is -0.618. The van der Waals surface area contributed by atoms with Gasteiger partial charge in [0.25, 0.3) is 0 Å². The number of hydrogen-bond acceptors (Lipinski definition) is 6. The second kappa shape index (κ2) is 9.02. The Balaban J connectivity index is 1.25. The fraction of sp³-hybridized carbons (Fsp3) is 0.333. The van der Waals surface area contributed by atoms with E-state index in [0.717, 1.165) is 5.57 Å². The first-order chi connectivity index (χ1) is 16.9. The van der Waals surface area contributed by atoms with E-state index in [-0.39, 0.29) is 48.3 Å². The summed E-state index contributed by atoms with van der Waals surface area (Å²) in [6, 6.07) is 13.5. The lowest BCUT2D eigenvalue weighted by Crippen LogP contribution is -2.30. The molecule has 1 aliphatic carbocycles. The van der Waals surface area contributed by atoms with Crippen LogP contribution in [0.5, 0.6) is 11.5 Å². The van der Waals surface area contributed by atoms with Gasteiger partial charge in [-0.05, 0) is 56.2 Å². The highest BCUT2D eigenvalue weighted by molar-refractivity contribution is 6.22. The summed E-state index contributed by atoms with van der Waals surface area (Å²) in [5.74, 6) is -1.45. The van der Waals surface area contributed by atoms with Crippen LogP contribution in [0.2, 0.25) is 0 Å². The van der Waals surface area contributed by atoms with Gasteiger partial charge in [0, 0.05) is 13.0 Å². The Morgan fingerprint density at radius 3 is 2.40 bits per heavy atom. The van der Waals surface area contributed by atoms with Gasteiger partial charge in [-0.2, -0.15) is 0 Å². The summed E-state index contributed by atoms with van der Waals surface area (Å²) in [6.45, 7) is 2.18. The molecule has 0 bridgehead atoms. The summed E-state index contributed by atoms with van der Waals surface area (Å²) in [6.07, 6.45) is 3.26. The first-order valence-corrected chi connectivity index (χ1v) is 11.7. The predicted molar refractivity (Wildman–Crippen MR) is 128 cm³/mol. The molecule has 2 fully saturated rings. The van der Waals surface area contributed by atoms with Crippen LogP contribution < -0.4 is 19.3 Å². The van der Waals surface area contributed by atoms with Crippen molar-refractivity contribution in [2.45, 2.75) is 26.2 Å². The van der Waals surface area contributed by atoms with Gasteiger partial charge >= 0.3 is 5.97 Å². The quantitative estimate of drug-likeness (QED) is 0.285. The maximum absolute atomic E-state index is 12.9. The molecule has 3 atom stereocenters.